The molecule has 1 aromatic rings. The highest BCUT2D eigenvalue weighted by molar-refractivity contribution is 5.23. The molecule has 0 saturated carbocycles. The molecule has 1 heterocycles. The third-order valence-electron chi connectivity index (χ3n) is 0.986. The van der Waals surface area contributed by atoms with Crippen LogP contribution in [0.3, 0.4) is 0 Å². The maximum absolute atomic E-state index is 5.35. The Morgan fingerprint density at radius 2 is 2.30 bits per heavy atom. The number of rotatable bonds is 2. The van der Waals surface area contributed by atoms with Crippen molar-refractivity contribution in [1.82, 2.24) is 15.4 Å². The van der Waals surface area contributed by atoms with Gasteiger partial charge in [-0.25, -0.2) is 4.98 Å². The Balaban J connectivity index is 2.75. The van der Waals surface area contributed by atoms with Crippen LogP contribution in [0.2, 0.25) is 0 Å². The van der Waals surface area contributed by atoms with Gasteiger partial charge in [0.25, 0.3) is 0 Å². The van der Waals surface area contributed by atoms with Crippen molar-refractivity contribution in [3.05, 3.63) is 18.1 Å². The van der Waals surface area contributed by atoms with Gasteiger partial charge in [-0.3, -0.25) is 16.3 Å². The predicted molar refractivity (Wildman–Crippen MR) is 37.5 cm³/mol. The van der Waals surface area contributed by atoms with E-state index in [9.17, 15) is 0 Å². The van der Waals surface area contributed by atoms with Crippen LogP contribution in [0, 0.1) is 0 Å². The number of nitrogens with two attached hydrogens (primary N) is 2. The van der Waals surface area contributed by atoms with Gasteiger partial charge in [-0.1, -0.05) is 0 Å². The summed E-state index contributed by atoms with van der Waals surface area (Å²) in [5.41, 5.74) is 8.54. The van der Waals surface area contributed by atoms with Crippen molar-refractivity contribution in [2.45, 2.75) is 6.54 Å². The maximum atomic E-state index is 5.35. The maximum Gasteiger partial charge on any atom is 0.142 e. The Bertz CT molecular complexity index is 211. The first kappa shape index (κ1) is 6.91. The molecular weight excluding hydrogens is 130 g/mol. The standard InChI is InChI=1S/C5H9N5/c6-5-3-8-1-4(10-5)2-9-7/h1,3,9H,2,7H2,(H2,6,10). The molecule has 54 valence electrons. The lowest BCUT2D eigenvalue weighted by molar-refractivity contribution is 0.720. The molecule has 0 radical (unpaired) electrons. The molecule has 0 amide bonds. The second kappa shape index (κ2) is 3.09. The van der Waals surface area contributed by atoms with Crippen molar-refractivity contribution in [3.8, 4) is 0 Å². The number of aromatic nitrogens is 2. The molecule has 1 aromatic heterocycles. The highest BCUT2D eigenvalue weighted by Gasteiger charge is 1.91. The van der Waals surface area contributed by atoms with Crippen molar-refractivity contribution in [3.63, 3.8) is 0 Å². The van der Waals surface area contributed by atoms with Crippen LogP contribution in [0.5, 0.6) is 0 Å². The van der Waals surface area contributed by atoms with Crippen LogP contribution in [0.1, 0.15) is 5.69 Å². The molecule has 0 saturated heterocycles. The molecule has 5 nitrogen and oxygen atoms in total. The summed E-state index contributed by atoms with van der Waals surface area (Å²) >= 11 is 0. The fraction of sp³-hybridized carbons (Fsp3) is 0.200. The number of nitrogens with one attached hydrogen (secondary N) is 1. The van der Waals surface area contributed by atoms with Gasteiger partial charge in [0.05, 0.1) is 18.4 Å². The molecule has 0 atom stereocenters. The second-order valence-electron chi connectivity index (χ2n) is 1.82. The summed E-state index contributed by atoms with van der Waals surface area (Å²) in [5, 5.41) is 0. The minimum absolute atomic E-state index is 0.410. The molecule has 0 aromatic carbocycles. The van der Waals surface area contributed by atoms with E-state index in [4.69, 9.17) is 11.6 Å². The molecule has 1 rings (SSSR count). The van der Waals surface area contributed by atoms with Gasteiger partial charge in [0, 0.05) is 6.20 Å². The molecule has 5 heteroatoms. The summed E-state index contributed by atoms with van der Waals surface area (Å²) in [6.07, 6.45) is 3.09. The molecule has 0 spiro atoms. The molecule has 0 fully saturated rings. The highest BCUT2D eigenvalue weighted by Crippen LogP contribution is 1.94. The lowest BCUT2D eigenvalue weighted by Crippen LogP contribution is -2.21. The fourth-order valence-corrected chi connectivity index (χ4v) is 0.613. The molecule has 0 unspecified atom stereocenters. The number of hydrogen-bond donors (Lipinski definition) is 3. The molecule has 0 aliphatic heterocycles. The number of hydrogen-bond acceptors (Lipinski definition) is 5. The van der Waals surface area contributed by atoms with E-state index in [1.54, 1.807) is 6.20 Å². The Morgan fingerprint density at radius 3 is 2.90 bits per heavy atom. The van der Waals surface area contributed by atoms with Crippen LogP contribution >= 0.6 is 0 Å². The Hall–Kier alpha value is -1.20. The number of nitrogens with zero attached hydrogens (tertiary/aromatic N) is 2. The summed E-state index contributed by atoms with van der Waals surface area (Å²) in [7, 11) is 0. The first-order chi connectivity index (χ1) is 4.83. The van der Waals surface area contributed by atoms with E-state index in [1.807, 2.05) is 0 Å². The Kier molecular flexibility index (Phi) is 2.14. The third kappa shape index (κ3) is 1.64. The van der Waals surface area contributed by atoms with Crippen molar-refractivity contribution in [2.24, 2.45) is 5.84 Å². The quantitative estimate of drug-likeness (QED) is 0.362. The van der Waals surface area contributed by atoms with E-state index < -0.39 is 0 Å². The normalized spacial score (nSPS) is 9.70. The van der Waals surface area contributed by atoms with Gasteiger partial charge >= 0.3 is 0 Å². The van der Waals surface area contributed by atoms with Gasteiger partial charge in [0.1, 0.15) is 5.82 Å². The SMILES string of the molecule is NNCc1cncc(N)n1. The van der Waals surface area contributed by atoms with E-state index in [-0.39, 0.29) is 0 Å². The van der Waals surface area contributed by atoms with Crippen molar-refractivity contribution >= 4 is 5.82 Å². The van der Waals surface area contributed by atoms with E-state index in [1.165, 1.54) is 6.20 Å². The first-order valence-electron chi connectivity index (χ1n) is 2.83. The van der Waals surface area contributed by atoms with Gasteiger partial charge in [0.15, 0.2) is 0 Å². The minimum atomic E-state index is 0.410. The van der Waals surface area contributed by atoms with Crippen LogP contribution < -0.4 is 17.0 Å². The summed E-state index contributed by atoms with van der Waals surface area (Å²) in [5.74, 6) is 5.46. The largest absolute Gasteiger partial charge is 0.382 e. The second-order valence-corrected chi connectivity index (χ2v) is 1.82. The molecule has 10 heavy (non-hydrogen) atoms. The zero-order valence-electron chi connectivity index (χ0n) is 5.41. The van der Waals surface area contributed by atoms with Crippen molar-refractivity contribution < 1.29 is 0 Å². The van der Waals surface area contributed by atoms with E-state index in [2.05, 4.69) is 15.4 Å². The first-order valence-corrected chi connectivity index (χ1v) is 2.83. The predicted octanol–water partition coefficient (Wildman–Crippen LogP) is -0.978. The lowest BCUT2D eigenvalue weighted by atomic mass is 10.4. The number of nitrogen functional groups attached to an aromatic ring is 1. The molecular formula is C5H9N5. The van der Waals surface area contributed by atoms with E-state index in [0.29, 0.717) is 12.4 Å². The average molecular weight is 139 g/mol. The highest BCUT2D eigenvalue weighted by atomic mass is 15.2. The van der Waals surface area contributed by atoms with Gasteiger partial charge in [-0.05, 0) is 0 Å². The van der Waals surface area contributed by atoms with Crippen LogP contribution in [0.15, 0.2) is 12.4 Å². The summed E-state index contributed by atoms with van der Waals surface area (Å²) in [6, 6.07) is 0. The Labute approximate surface area is 58.4 Å². The van der Waals surface area contributed by atoms with Crippen LogP contribution in [0.4, 0.5) is 5.82 Å². The van der Waals surface area contributed by atoms with Gasteiger partial charge in [-0.15, -0.1) is 0 Å². The zero-order valence-corrected chi connectivity index (χ0v) is 5.41. The summed E-state index contributed by atoms with van der Waals surface area (Å²) in [6.45, 7) is 0.484. The number of anilines is 1. The van der Waals surface area contributed by atoms with Gasteiger partial charge < -0.3 is 5.73 Å². The summed E-state index contributed by atoms with van der Waals surface area (Å²) < 4.78 is 0. The monoisotopic (exact) mass is 139 g/mol. The lowest BCUT2D eigenvalue weighted by Gasteiger charge is -1.97. The third-order valence-corrected chi connectivity index (χ3v) is 0.986. The topological polar surface area (TPSA) is 89.8 Å². The van der Waals surface area contributed by atoms with Crippen LogP contribution in [-0.4, -0.2) is 9.97 Å². The molecule has 0 aliphatic rings. The van der Waals surface area contributed by atoms with Crippen LogP contribution in [-0.2, 0) is 6.54 Å². The van der Waals surface area contributed by atoms with Gasteiger partial charge in [-0.2, -0.15) is 0 Å². The van der Waals surface area contributed by atoms with Gasteiger partial charge in [0.2, 0.25) is 0 Å². The molecule has 0 bridgehead atoms. The summed E-state index contributed by atoms with van der Waals surface area (Å²) in [4.78, 5) is 7.76. The number of hydrazine groups is 1. The van der Waals surface area contributed by atoms with E-state index in [0.717, 1.165) is 5.69 Å². The minimum Gasteiger partial charge on any atom is -0.382 e. The van der Waals surface area contributed by atoms with Crippen molar-refractivity contribution in [1.29, 1.82) is 0 Å². The molecule has 5 N–H and O–H groups in total. The Morgan fingerprint density at radius 1 is 1.50 bits per heavy atom. The average Bonchev–Trinajstić information content (AvgIpc) is 1.88. The van der Waals surface area contributed by atoms with E-state index >= 15 is 0 Å². The van der Waals surface area contributed by atoms with Crippen molar-refractivity contribution in [2.75, 3.05) is 5.73 Å². The van der Waals surface area contributed by atoms with Crippen LogP contribution in [0.25, 0.3) is 0 Å². The smallest absolute Gasteiger partial charge is 0.142 e. The fourth-order valence-electron chi connectivity index (χ4n) is 0.613. The molecule has 0 aliphatic carbocycles. The zero-order chi connectivity index (χ0) is 7.40.